The fourth-order valence-electron chi connectivity index (χ4n) is 4.36. The molecule has 4 heteroatoms. The van der Waals surface area contributed by atoms with Crippen LogP contribution >= 0.6 is 15.9 Å². The zero-order valence-corrected chi connectivity index (χ0v) is 18.3. The lowest BCUT2D eigenvalue weighted by Crippen LogP contribution is -2.50. The van der Waals surface area contributed by atoms with E-state index in [0.29, 0.717) is 5.56 Å². The minimum Gasteiger partial charge on any atom is -0.378 e. The summed E-state index contributed by atoms with van der Waals surface area (Å²) in [6.45, 7) is 4.41. The maximum Gasteiger partial charge on any atom is 0.258 e. The molecule has 0 radical (unpaired) electrons. The average molecular weight is 449 g/mol. The van der Waals surface area contributed by atoms with Gasteiger partial charge in [-0.05, 0) is 54.4 Å². The van der Waals surface area contributed by atoms with E-state index in [2.05, 4.69) is 65.4 Å². The number of rotatable bonds is 4. The molecule has 0 aromatic heterocycles. The summed E-state index contributed by atoms with van der Waals surface area (Å²) >= 11 is 3.46. The Morgan fingerprint density at radius 3 is 2.31 bits per heavy atom. The lowest BCUT2D eigenvalue weighted by Gasteiger charge is -2.45. The van der Waals surface area contributed by atoms with Gasteiger partial charge in [0.25, 0.3) is 5.91 Å². The first-order valence-corrected chi connectivity index (χ1v) is 10.9. The van der Waals surface area contributed by atoms with E-state index in [-0.39, 0.29) is 23.9 Å². The molecule has 4 rings (SSSR count). The predicted molar refractivity (Wildman–Crippen MR) is 123 cm³/mol. The van der Waals surface area contributed by atoms with Crippen molar-refractivity contribution in [2.24, 2.45) is 5.92 Å². The molecular weight excluding hydrogens is 424 g/mol. The van der Waals surface area contributed by atoms with Crippen molar-refractivity contribution in [3.05, 3.63) is 94.5 Å². The van der Waals surface area contributed by atoms with Gasteiger partial charge in [-0.2, -0.15) is 0 Å². The van der Waals surface area contributed by atoms with E-state index in [1.54, 1.807) is 0 Å². The Kier molecular flexibility index (Phi) is 5.72. The summed E-state index contributed by atoms with van der Waals surface area (Å²) in [5, 5.41) is 3.71. The van der Waals surface area contributed by atoms with E-state index in [1.165, 1.54) is 5.56 Å². The van der Waals surface area contributed by atoms with Gasteiger partial charge in [0.2, 0.25) is 0 Å². The zero-order valence-electron chi connectivity index (χ0n) is 16.7. The number of hydrogen-bond acceptors (Lipinski definition) is 2. The first-order valence-electron chi connectivity index (χ1n) is 10.1. The van der Waals surface area contributed by atoms with Crippen molar-refractivity contribution in [3.8, 4) is 0 Å². The van der Waals surface area contributed by atoms with Gasteiger partial charge in [0.15, 0.2) is 0 Å². The number of carbonyl (C=O) groups is 1. The molecular formula is C25H25BrN2O. The third-order valence-electron chi connectivity index (χ3n) is 5.82. The van der Waals surface area contributed by atoms with Crippen molar-refractivity contribution in [2.45, 2.75) is 32.4 Å². The molecule has 0 fully saturated rings. The Hall–Kier alpha value is -2.59. The molecule has 3 nitrogen and oxygen atoms in total. The van der Waals surface area contributed by atoms with Gasteiger partial charge in [-0.3, -0.25) is 4.79 Å². The SMILES string of the molecule is CC[C@@H]1[C@@H](C)[C@@H](Nc2ccccc2)c2ccccc2N1C(=O)c1ccc(Br)cc1. The molecule has 3 aromatic carbocycles. The number of anilines is 2. The topological polar surface area (TPSA) is 32.3 Å². The molecule has 0 bridgehead atoms. The molecule has 0 aliphatic carbocycles. The highest BCUT2D eigenvalue weighted by molar-refractivity contribution is 9.10. The van der Waals surface area contributed by atoms with Crippen molar-refractivity contribution >= 4 is 33.2 Å². The summed E-state index contributed by atoms with van der Waals surface area (Å²) in [5.41, 5.74) is 3.97. The molecule has 148 valence electrons. The standard InChI is InChI=1S/C25H25BrN2O/c1-3-22-17(2)24(27-20-9-5-4-6-10-20)21-11-7-8-12-23(21)28(22)25(29)18-13-15-19(26)16-14-18/h4-17,22,24,27H,3H2,1-2H3/t17-,22-,24-/m1/s1. The highest BCUT2D eigenvalue weighted by Crippen LogP contribution is 2.43. The van der Waals surface area contributed by atoms with Crippen LogP contribution < -0.4 is 10.2 Å². The van der Waals surface area contributed by atoms with E-state index in [0.717, 1.165) is 22.3 Å². The van der Waals surface area contributed by atoms with Crippen molar-refractivity contribution in [1.29, 1.82) is 0 Å². The molecule has 0 saturated heterocycles. The maximum atomic E-state index is 13.5. The maximum absolute atomic E-state index is 13.5. The van der Waals surface area contributed by atoms with Gasteiger partial charge in [0.05, 0.1) is 6.04 Å². The number of halogens is 1. The van der Waals surface area contributed by atoms with Crippen molar-refractivity contribution in [1.82, 2.24) is 0 Å². The van der Waals surface area contributed by atoms with Crippen molar-refractivity contribution in [3.63, 3.8) is 0 Å². The molecule has 3 aromatic rings. The predicted octanol–water partition coefficient (Wildman–Crippen LogP) is 6.68. The number of para-hydroxylation sites is 2. The molecule has 0 saturated carbocycles. The van der Waals surface area contributed by atoms with Crippen LogP contribution in [0.25, 0.3) is 0 Å². The molecule has 1 heterocycles. The van der Waals surface area contributed by atoms with Crippen LogP contribution in [0.4, 0.5) is 11.4 Å². The third-order valence-corrected chi connectivity index (χ3v) is 6.35. The molecule has 29 heavy (non-hydrogen) atoms. The Morgan fingerprint density at radius 1 is 0.966 bits per heavy atom. The van der Waals surface area contributed by atoms with Crippen molar-refractivity contribution in [2.75, 3.05) is 10.2 Å². The number of benzene rings is 3. The third kappa shape index (κ3) is 3.82. The van der Waals surface area contributed by atoms with E-state index >= 15 is 0 Å². The van der Waals surface area contributed by atoms with Gasteiger partial charge in [-0.15, -0.1) is 0 Å². The quantitative estimate of drug-likeness (QED) is 0.482. The van der Waals surface area contributed by atoms with Gasteiger partial charge >= 0.3 is 0 Å². The highest BCUT2D eigenvalue weighted by atomic mass is 79.9. The molecule has 1 amide bonds. The summed E-state index contributed by atoms with van der Waals surface area (Å²) in [7, 11) is 0. The Morgan fingerprint density at radius 2 is 1.62 bits per heavy atom. The summed E-state index contributed by atoms with van der Waals surface area (Å²) in [4.78, 5) is 15.6. The summed E-state index contributed by atoms with van der Waals surface area (Å²) in [6.07, 6.45) is 0.894. The molecule has 0 spiro atoms. The number of hydrogen-bond donors (Lipinski definition) is 1. The van der Waals surface area contributed by atoms with Gasteiger partial charge in [-0.25, -0.2) is 0 Å². The Balaban J connectivity index is 1.76. The first-order chi connectivity index (χ1) is 14.1. The number of nitrogens with one attached hydrogen (secondary N) is 1. The minimum atomic E-state index is 0.0572. The Labute approximate surface area is 180 Å². The van der Waals surface area contributed by atoms with Crippen LogP contribution in [0.1, 0.15) is 42.2 Å². The summed E-state index contributed by atoms with van der Waals surface area (Å²) in [5.74, 6) is 0.316. The molecule has 3 atom stereocenters. The monoisotopic (exact) mass is 448 g/mol. The normalized spacial score (nSPS) is 20.8. The van der Waals surface area contributed by atoms with E-state index in [1.807, 2.05) is 53.4 Å². The van der Waals surface area contributed by atoms with Crippen LogP contribution in [-0.2, 0) is 0 Å². The van der Waals surface area contributed by atoms with Gasteiger partial charge in [0, 0.05) is 33.4 Å². The fourth-order valence-corrected chi connectivity index (χ4v) is 4.62. The highest BCUT2D eigenvalue weighted by Gasteiger charge is 2.40. The fraction of sp³-hybridized carbons (Fsp3) is 0.240. The van der Waals surface area contributed by atoms with Gasteiger partial charge in [0.1, 0.15) is 0 Å². The summed E-state index contributed by atoms with van der Waals surface area (Å²) < 4.78 is 0.973. The minimum absolute atomic E-state index is 0.0572. The van der Waals surface area contributed by atoms with Gasteiger partial charge in [-0.1, -0.05) is 66.2 Å². The largest absolute Gasteiger partial charge is 0.378 e. The second-order valence-corrected chi connectivity index (χ2v) is 8.48. The smallest absolute Gasteiger partial charge is 0.258 e. The second kappa shape index (κ2) is 8.42. The second-order valence-electron chi connectivity index (χ2n) is 7.56. The number of nitrogens with zero attached hydrogens (tertiary/aromatic N) is 1. The number of carbonyl (C=O) groups excluding carboxylic acids is 1. The average Bonchev–Trinajstić information content (AvgIpc) is 2.76. The van der Waals surface area contributed by atoms with Crippen molar-refractivity contribution < 1.29 is 4.79 Å². The number of fused-ring (bicyclic) bond motifs is 1. The van der Waals surface area contributed by atoms with Crippen LogP contribution in [0.2, 0.25) is 0 Å². The van der Waals surface area contributed by atoms with E-state index < -0.39 is 0 Å². The van der Waals surface area contributed by atoms with Crippen LogP contribution in [0.3, 0.4) is 0 Å². The molecule has 0 unspecified atom stereocenters. The summed E-state index contributed by atoms with van der Waals surface area (Å²) in [6, 6.07) is 26.5. The molecule has 1 N–H and O–H groups in total. The molecule has 1 aliphatic rings. The van der Waals surface area contributed by atoms with Crippen LogP contribution in [0.5, 0.6) is 0 Å². The van der Waals surface area contributed by atoms with Gasteiger partial charge < -0.3 is 10.2 Å². The van der Waals surface area contributed by atoms with Crippen LogP contribution in [0, 0.1) is 5.92 Å². The molecule has 1 aliphatic heterocycles. The van der Waals surface area contributed by atoms with Crippen LogP contribution in [0.15, 0.2) is 83.3 Å². The van der Waals surface area contributed by atoms with E-state index in [4.69, 9.17) is 0 Å². The number of amides is 1. The lowest BCUT2D eigenvalue weighted by molar-refractivity contribution is 0.0960. The van der Waals surface area contributed by atoms with Crippen LogP contribution in [-0.4, -0.2) is 11.9 Å². The Bertz CT molecular complexity index is 987. The lowest BCUT2D eigenvalue weighted by atomic mass is 9.80. The first kappa shape index (κ1) is 19.7. The zero-order chi connectivity index (χ0) is 20.4. The van der Waals surface area contributed by atoms with E-state index in [9.17, 15) is 4.79 Å².